The predicted octanol–water partition coefficient (Wildman–Crippen LogP) is 0.780. The van der Waals surface area contributed by atoms with Gasteiger partial charge >= 0.3 is 0 Å². The first-order valence-corrected chi connectivity index (χ1v) is 4.61. The number of quaternary nitrogens is 1. The SMILES string of the molecule is Cc1cc(F)ccc1N1C[N+](C)([O-])NN1. The highest BCUT2D eigenvalue weighted by Crippen LogP contribution is 2.21. The van der Waals surface area contributed by atoms with Crippen LogP contribution in [0.1, 0.15) is 5.56 Å². The van der Waals surface area contributed by atoms with E-state index in [1.54, 1.807) is 18.0 Å². The zero-order valence-electron chi connectivity index (χ0n) is 8.62. The summed E-state index contributed by atoms with van der Waals surface area (Å²) in [6, 6.07) is 4.45. The fourth-order valence-electron chi connectivity index (χ4n) is 1.56. The number of anilines is 1. The molecule has 0 aromatic heterocycles. The van der Waals surface area contributed by atoms with E-state index in [9.17, 15) is 9.60 Å². The highest BCUT2D eigenvalue weighted by atomic mass is 19.1. The van der Waals surface area contributed by atoms with E-state index < -0.39 is 4.76 Å². The van der Waals surface area contributed by atoms with Crippen molar-refractivity contribution in [3.8, 4) is 0 Å². The number of hydroxylamine groups is 2. The van der Waals surface area contributed by atoms with Crippen LogP contribution >= 0.6 is 0 Å². The lowest BCUT2D eigenvalue weighted by Gasteiger charge is -2.29. The summed E-state index contributed by atoms with van der Waals surface area (Å²) in [5.41, 5.74) is 6.87. The number of aryl methyl sites for hydroxylation is 1. The zero-order valence-corrected chi connectivity index (χ0v) is 8.62. The van der Waals surface area contributed by atoms with Crippen molar-refractivity contribution in [3.63, 3.8) is 0 Å². The highest BCUT2D eigenvalue weighted by molar-refractivity contribution is 5.52. The van der Waals surface area contributed by atoms with E-state index >= 15 is 0 Å². The van der Waals surface area contributed by atoms with Crippen molar-refractivity contribution in [2.24, 2.45) is 0 Å². The molecule has 1 atom stereocenters. The van der Waals surface area contributed by atoms with Crippen LogP contribution in [0.2, 0.25) is 0 Å². The first-order valence-electron chi connectivity index (χ1n) is 4.61. The van der Waals surface area contributed by atoms with Crippen molar-refractivity contribution in [1.82, 2.24) is 11.1 Å². The number of nitrogens with zero attached hydrogens (tertiary/aromatic N) is 2. The molecule has 0 amide bonds. The molecular formula is C9H13FN4O. The highest BCUT2D eigenvalue weighted by Gasteiger charge is 2.26. The zero-order chi connectivity index (χ0) is 11.1. The Kier molecular flexibility index (Phi) is 2.35. The minimum Gasteiger partial charge on any atom is -0.609 e. The summed E-state index contributed by atoms with van der Waals surface area (Å²) in [7, 11) is 1.49. The Bertz CT molecular complexity index is 382. The summed E-state index contributed by atoms with van der Waals surface area (Å²) in [5.74, 6) is -0.275. The molecular weight excluding hydrogens is 199 g/mol. The summed E-state index contributed by atoms with van der Waals surface area (Å²) in [5, 5.41) is 13.2. The number of nitrogens with one attached hydrogen (secondary N) is 2. The van der Waals surface area contributed by atoms with E-state index in [0.29, 0.717) is 0 Å². The fraction of sp³-hybridized carbons (Fsp3) is 0.333. The van der Waals surface area contributed by atoms with Crippen molar-refractivity contribution in [2.75, 3.05) is 18.7 Å². The van der Waals surface area contributed by atoms with Crippen LogP contribution in [0.3, 0.4) is 0 Å². The topological polar surface area (TPSA) is 50.4 Å². The van der Waals surface area contributed by atoms with Gasteiger partial charge in [0.2, 0.25) is 0 Å². The lowest BCUT2D eigenvalue weighted by Crippen LogP contribution is -2.47. The molecule has 2 N–H and O–H groups in total. The third kappa shape index (κ3) is 2.07. The van der Waals surface area contributed by atoms with Crippen LogP contribution in [0.4, 0.5) is 10.1 Å². The summed E-state index contributed by atoms with van der Waals surface area (Å²) in [4.78, 5) is 0. The molecule has 1 aliphatic rings. The summed E-state index contributed by atoms with van der Waals surface area (Å²) in [6.07, 6.45) is 0. The number of hydrogen-bond donors (Lipinski definition) is 2. The average molecular weight is 212 g/mol. The molecule has 82 valence electrons. The maximum atomic E-state index is 12.9. The van der Waals surface area contributed by atoms with Gasteiger partial charge in [-0.2, -0.15) is 0 Å². The normalized spacial score (nSPS) is 26.0. The maximum Gasteiger partial charge on any atom is 0.188 e. The molecule has 1 aromatic carbocycles. The van der Waals surface area contributed by atoms with Crippen LogP contribution in [0.5, 0.6) is 0 Å². The van der Waals surface area contributed by atoms with E-state index in [1.165, 1.54) is 19.2 Å². The van der Waals surface area contributed by atoms with Crippen LogP contribution in [-0.2, 0) is 0 Å². The predicted molar refractivity (Wildman–Crippen MR) is 54.3 cm³/mol. The molecule has 2 rings (SSSR count). The fourth-order valence-corrected chi connectivity index (χ4v) is 1.56. The number of hydrazine groups is 2. The third-order valence-electron chi connectivity index (χ3n) is 2.28. The molecule has 0 spiro atoms. The maximum absolute atomic E-state index is 12.9. The van der Waals surface area contributed by atoms with Crippen molar-refractivity contribution in [1.29, 1.82) is 0 Å². The minimum absolute atomic E-state index is 0.229. The molecule has 0 radical (unpaired) electrons. The average Bonchev–Trinajstić information content (AvgIpc) is 2.46. The van der Waals surface area contributed by atoms with E-state index in [0.717, 1.165) is 11.3 Å². The molecule has 0 aliphatic carbocycles. The number of hydrogen-bond acceptors (Lipinski definition) is 4. The Balaban J connectivity index is 2.24. The summed E-state index contributed by atoms with van der Waals surface area (Å²) < 4.78 is 12.3. The van der Waals surface area contributed by atoms with Crippen molar-refractivity contribution in [3.05, 3.63) is 34.8 Å². The van der Waals surface area contributed by atoms with Gasteiger partial charge in [-0.05, 0) is 30.7 Å². The van der Waals surface area contributed by atoms with Gasteiger partial charge in [-0.25, -0.2) is 9.40 Å². The molecule has 5 nitrogen and oxygen atoms in total. The molecule has 1 heterocycles. The molecule has 15 heavy (non-hydrogen) atoms. The molecule has 1 fully saturated rings. The molecule has 1 saturated heterocycles. The molecule has 1 unspecified atom stereocenters. The van der Waals surface area contributed by atoms with Gasteiger partial charge in [-0.1, -0.05) is 5.53 Å². The van der Waals surface area contributed by atoms with Gasteiger partial charge in [0.05, 0.1) is 12.7 Å². The third-order valence-corrected chi connectivity index (χ3v) is 2.28. The molecule has 1 aliphatic heterocycles. The molecule has 0 saturated carbocycles. The number of rotatable bonds is 1. The molecule has 1 aromatic rings. The largest absolute Gasteiger partial charge is 0.609 e. The lowest BCUT2D eigenvalue weighted by atomic mass is 10.2. The van der Waals surface area contributed by atoms with E-state index in [-0.39, 0.29) is 12.5 Å². The van der Waals surface area contributed by atoms with E-state index in [2.05, 4.69) is 11.1 Å². The van der Waals surface area contributed by atoms with Crippen molar-refractivity contribution < 1.29 is 9.15 Å². The van der Waals surface area contributed by atoms with Gasteiger partial charge in [-0.15, -0.1) is 5.53 Å². The van der Waals surface area contributed by atoms with Gasteiger partial charge in [0.1, 0.15) is 5.82 Å². The molecule has 6 heteroatoms. The Morgan fingerprint density at radius 3 is 2.80 bits per heavy atom. The second-order valence-corrected chi connectivity index (χ2v) is 3.82. The molecule has 0 bridgehead atoms. The van der Waals surface area contributed by atoms with Crippen molar-refractivity contribution in [2.45, 2.75) is 6.92 Å². The second kappa shape index (κ2) is 3.42. The van der Waals surface area contributed by atoms with E-state index in [4.69, 9.17) is 0 Å². The van der Waals surface area contributed by atoms with Crippen LogP contribution in [0, 0.1) is 17.9 Å². The summed E-state index contributed by atoms with van der Waals surface area (Å²) >= 11 is 0. The Morgan fingerprint density at radius 2 is 2.27 bits per heavy atom. The van der Waals surface area contributed by atoms with Gasteiger partial charge in [0.25, 0.3) is 0 Å². The van der Waals surface area contributed by atoms with Crippen LogP contribution in [-0.4, -0.2) is 18.5 Å². The first kappa shape index (κ1) is 10.3. The lowest BCUT2D eigenvalue weighted by molar-refractivity contribution is -0.895. The first-order chi connectivity index (χ1) is 6.98. The van der Waals surface area contributed by atoms with Gasteiger partial charge < -0.3 is 5.21 Å². The number of halogens is 1. The Labute approximate surface area is 87.2 Å². The smallest absolute Gasteiger partial charge is 0.188 e. The number of benzene rings is 1. The standard InChI is InChI=1S/C9H13FN4O/c1-7-5-8(10)3-4-9(7)13-6-14(2,15)12-11-13/h3-5,11-12H,6H2,1-2H3. The van der Waals surface area contributed by atoms with Crippen LogP contribution < -0.4 is 16.1 Å². The second-order valence-electron chi connectivity index (χ2n) is 3.82. The van der Waals surface area contributed by atoms with Crippen LogP contribution in [0.25, 0.3) is 0 Å². The van der Waals surface area contributed by atoms with Crippen molar-refractivity contribution >= 4 is 5.69 Å². The minimum atomic E-state index is -0.600. The van der Waals surface area contributed by atoms with Gasteiger partial charge in [0.15, 0.2) is 6.67 Å². The van der Waals surface area contributed by atoms with Crippen LogP contribution in [0.15, 0.2) is 18.2 Å². The van der Waals surface area contributed by atoms with Gasteiger partial charge in [-0.3, -0.25) is 4.76 Å². The van der Waals surface area contributed by atoms with Gasteiger partial charge in [0, 0.05) is 0 Å². The Hall–Kier alpha value is -1.21. The van der Waals surface area contributed by atoms with E-state index in [1.807, 2.05) is 0 Å². The quantitative estimate of drug-likeness (QED) is 0.533. The summed E-state index contributed by atoms with van der Waals surface area (Å²) in [6.45, 7) is 2.03. The Morgan fingerprint density at radius 1 is 1.53 bits per heavy atom. The monoisotopic (exact) mass is 212 g/mol.